The van der Waals surface area contributed by atoms with Gasteiger partial charge in [0.05, 0.1) is 22.2 Å². The molecule has 0 aliphatic heterocycles. The molecule has 0 unspecified atom stereocenters. The molecule has 5 aromatic rings. The Balaban J connectivity index is 2.28. The summed E-state index contributed by atoms with van der Waals surface area (Å²) in [7, 11) is 0. The molecule has 5 rings (SSSR count). The van der Waals surface area contributed by atoms with Crippen LogP contribution in [0.3, 0.4) is 0 Å². The monoisotopic (exact) mass is 358 g/mol. The molecule has 2 heterocycles. The fourth-order valence-corrected chi connectivity index (χ4v) is 4.09. The molecule has 0 fully saturated rings. The molecule has 3 aromatic carbocycles. The van der Waals surface area contributed by atoms with Crippen molar-refractivity contribution in [3.63, 3.8) is 0 Å². The minimum absolute atomic E-state index is 0.572. The zero-order valence-electron chi connectivity index (χ0n) is 15.4. The van der Waals surface area contributed by atoms with Gasteiger partial charge in [0.2, 0.25) is 0 Å². The molecule has 0 aliphatic carbocycles. The quantitative estimate of drug-likeness (QED) is 0.272. The maximum absolute atomic E-state index is 10.1. The van der Waals surface area contributed by atoms with E-state index in [1.807, 2.05) is 62.4 Å². The van der Waals surface area contributed by atoms with Crippen molar-refractivity contribution in [2.75, 3.05) is 0 Å². The molecule has 4 nitrogen and oxygen atoms in total. The Labute approximate surface area is 161 Å². The molecule has 0 saturated heterocycles. The van der Waals surface area contributed by atoms with Crippen LogP contribution in [-0.4, -0.2) is 9.97 Å². The van der Waals surface area contributed by atoms with E-state index in [9.17, 15) is 10.5 Å². The fourth-order valence-electron chi connectivity index (χ4n) is 4.09. The Morgan fingerprint density at radius 2 is 1.04 bits per heavy atom. The first-order chi connectivity index (χ1) is 13.6. The van der Waals surface area contributed by atoms with Crippen LogP contribution in [0.5, 0.6) is 0 Å². The third-order valence-corrected chi connectivity index (χ3v) is 5.27. The van der Waals surface area contributed by atoms with Gasteiger partial charge in [0.1, 0.15) is 12.1 Å². The lowest BCUT2D eigenvalue weighted by atomic mass is 9.88. The Morgan fingerprint density at radius 3 is 1.43 bits per heavy atom. The van der Waals surface area contributed by atoms with Crippen molar-refractivity contribution in [1.29, 1.82) is 10.5 Å². The van der Waals surface area contributed by atoms with Crippen LogP contribution >= 0.6 is 0 Å². The number of hydrogen-bond acceptors (Lipinski definition) is 4. The van der Waals surface area contributed by atoms with Gasteiger partial charge in [-0.2, -0.15) is 10.5 Å². The first-order valence-electron chi connectivity index (χ1n) is 8.99. The second kappa shape index (κ2) is 5.74. The third-order valence-electron chi connectivity index (χ3n) is 5.27. The highest BCUT2D eigenvalue weighted by Gasteiger charge is 2.20. The second-order valence-corrected chi connectivity index (χ2v) is 6.97. The molecule has 0 aliphatic rings. The van der Waals surface area contributed by atoms with Crippen LogP contribution in [0.4, 0.5) is 0 Å². The molecular weight excluding hydrogens is 344 g/mol. The lowest BCUT2D eigenvalue weighted by Crippen LogP contribution is -1.97. The summed E-state index contributed by atoms with van der Waals surface area (Å²) in [6.45, 7) is 3.88. The molecule has 130 valence electrons. The predicted octanol–water partition coefficient (Wildman–Crippen LogP) is 5.45. The van der Waals surface area contributed by atoms with Crippen LogP contribution in [0, 0.1) is 36.5 Å². The van der Waals surface area contributed by atoms with Crippen LogP contribution in [-0.2, 0) is 0 Å². The summed E-state index contributed by atoms with van der Waals surface area (Å²) in [6, 6.07) is 20.2. The SMILES string of the molecule is Cc1ccc2c(n1)c1nc(C)ccc1c1c(C#N)c3ccccc3c(C#N)c21. The Hall–Kier alpha value is -4.02. The van der Waals surface area contributed by atoms with Gasteiger partial charge in [-0.15, -0.1) is 0 Å². The smallest absolute Gasteiger partial charge is 0.100 e. The normalized spacial score (nSPS) is 11.1. The Kier molecular flexibility index (Phi) is 3.32. The van der Waals surface area contributed by atoms with Crippen molar-refractivity contribution in [2.45, 2.75) is 13.8 Å². The number of hydrogen-bond donors (Lipinski definition) is 0. The van der Waals surface area contributed by atoms with Gasteiger partial charge in [0, 0.05) is 43.7 Å². The standard InChI is InChI=1S/C24H14N4/c1-13-7-9-17-21-19(11-25)15-5-3-4-6-16(15)20(12-26)22(21)18-10-8-14(2)28-24(18)23(17)27-13/h3-10H,1-2H3. The molecule has 0 spiro atoms. The van der Waals surface area contributed by atoms with Gasteiger partial charge in [0.15, 0.2) is 0 Å². The van der Waals surface area contributed by atoms with Gasteiger partial charge < -0.3 is 0 Å². The minimum atomic E-state index is 0.572. The van der Waals surface area contributed by atoms with E-state index in [0.29, 0.717) is 11.1 Å². The van der Waals surface area contributed by atoms with Gasteiger partial charge in [-0.1, -0.05) is 36.4 Å². The number of fused-ring (bicyclic) bond motifs is 7. The van der Waals surface area contributed by atoms with Crippen molar-refractivity contribution in [3.8, 4) is 12.1 Å². The van der Waals surface area contributed by atoms with Crippen LogP contribution in [0.1, 0.15) is 22.5 Å². The molecule has 0 N–H and O–H groups in total. The number of rotatable bonds is 0. The van der Waals surface area contributed by atoms with Gasteiger partial charge in [-0.05, 0) is 26.0 Å². The zero-order valence-corrected chi connectivity index (χ0v) is 15.4. The van der Waals surface area contributed by atoms with Crippen LogP contribution in [0.2, 0.25) is 0 Å². The van der Waals surface area contributed by atoms with Gasteiger partial charge in [0.25, 0.3) is 0 Å². The molecule has 28 heavy (non-hydrogen) atoms. The minimum Gasteiger partial charge on any atom is -0.251 e. The first-order valence-corrected chi connectivity index (χ1v) is 8.99. The first kappa shape index (κ1) is 16.2. The van der Waals surface area contributed by atoms with Crippen molar-refractivity contribution >= 4 is 43.4 Å². The maximum Gasteiger partial charge on any atom is 0.100 e. The number of aryl methyl sites for hydroxylation is 2. The molecule has 0 radical (unpaired) electrons. The van der Waals surface area contributed by atoms with Gasteiger partial charge in [-0.25, -0.2) is 0 Å². The predicted molar refractivity (Wildman–Crippen MR) is 111 cm³/mol. The summed E-state index contributed by atoms with van der Waals surface area (Å²) < 4.78 is 0. The summed E-state index contributed by atoms with van der Waals surface area (Å²) in [4.78, 5) is 9.50. The van der Waals surface area contributed by atoms with E-state index in [2.05, 4.69) is 12.1 Å². The maximum atomic E-state index is 10.1. The second-order valence-electron chi connectivity index (χ2n) is 6.97. The topological polar surface area (TPSA) is 73.4 Å². The van der Waals surface area contributed by atoms with Crippen LogP contribution < -0.4 is 0 Å². The largest absolute Gasteiger partial charge is 0.251 e. The Bertz CT molecular complexity index is 1430. The van der Waals surface area contributed by atoms with Crippen LogP contribution in [0.25, 0.3) is 43.4 Å². The van der Waals surface area contributed by atoms with Gasteiger partial charge in [-0.3, -0.25) is 9.97 Å². The molecule has 0 amide bonds. The average molecular weight is 358 g/mol. The van der Waals surface area contributed by atoms with E-state index in [1.165, 1.54) is 0 Å². The van der Waals surface area contributed by atoms with E-state index in [1.54, 1.807) is 0 Å². The van der Waals surface area contributed by atoms with E-state index < -0.39 is 0 Å². The highest BCUT2D eigenvalue weighted by atomic mass is 14.8. The molecule has 0 saturated carbocycles. The number of pyridine rings is 2. The number of nitrogens with zero attached hydrogens (tertiary/aromatic N) is 4. The summed E-state index contributed by atoms with van der Waals surface area (Å²) >= 11 is 0. The van der Waals surface area contributed by atoms with Crippen molar-refractivity contribution in [1.82, 2.24) is 9.97 Å². The lowest BCUT2D eigenvalue weighted by molar-refractivity contribution is 1.23. The molecule has 2 aromatic heterocycles. The van der Waals surface area contributed by atoms with Crippen molar-refractivity contribution in [2.24, 2.45) is 0 Å². The zero-order chi connectivity index (χ0) is 19.4. The van der Waals surface area contributed by atoms with Crippen molar-refractivity contribution < 1.29 is 0 Å². The Morgan fingerprint density at radius 1 is 0.607 bits per heavy atom. The number of benzene rings is 3. The highest BCUT2D eigenvalue weighted by Crippen LogP contribution is 2.41. The molecule has 0 atom stereocenters. The number of aromatic nitrogens is 2. The van der Waals surface area contributed by atoms with Crippen molar-refractivity contribution in [3.05, 3.63) is 71.0 Å². The van der Waals surface area contributed by atoms with Gasteiger partial charge >= 0.3 is 0 Å². The third kappa shape index (κ3) is 2.03. The fraction of sp³-hybridized carbons (Fsp3) is 0.0833. The average Bonchev–Trinajstić information content (AvgIpc) is 2.72. The lowest BCUT2D eigenvalue weighted by Gasteiger charge is -2.15. The highest BCUT2D eigenvalue weighted by molar-refractivity contribution is 6.29. The molecular formula is C24H14N4. The summed E-state index contributed by atoms with van der Waals surface area (Å²) in [5.74, 6) is 0. The van der Waals surface area contributed by atoms with E-state index >= 15 is 0 Å². The summed E-state index contributed by atoms with van der Waals surface area (Å²) in [6.07, 6.45) is 0. The molecule has 4 heteroatoms. The van der Waals surface area contributed by atoms with E-state index in [4.69, 9.17) is 9.97 Å². The van der Waals surface area contributed by atoms with E-state index in [-0.39, 0.29) is 0 Å². The number of nitriles is 2. The van der Waals surface area contributed by atoms with E-state index in [0.717, 1.165) is 54.7 Å². The van der Waals surface area contributed by atoms with Crippen LogP contribution in [0.15, 0.2) is 48.5 Å². The summed E-state index contributed by atoms with van der Waals surface area (Å²) in [5.41, 5.74) is 4.45. The molecule has 0 bridgehead atoms. The summed E-state index contributed by atoms with van der Waals surface area (Å²) in [5, 5.41) is 24.9.